The van der Waals surface area contributed by atoms with Gasteiger partial charge in [0.2, 0.25) is 0 Å². The minimum Gasteiger partial charge on any atom is -0.558 e. The number of benzene rings is 6. The first-order valence-electron chi connectivity index (χ1n) is 14.2. The van der Waals surface area contributed by atoms with Crippen LogP contribution in [0.5, 0.6) is 17.2 Å². The molecule has 0 bridgehead atoms. The maximum atomic E-state index is 10.6. The average molecular weight is 841 g/mol. The molecule has 49 heavy (non-hydrogen) atoms. The van der Waals surface area contributed by atoms with Crippen LogP contribution in [0.25, 0.3) is 33.4 Å². The van der Waals surface area contributed by atoms with Gasteiger partial charge in [0.1, 0.15) is 0 Å². The summed E-state index contributed by atoms with van der Waals surface area (Å²) in [5.74, 6) is 1.06. The van der Waals surface area contributed by atoms with Gasteiger partial charge in [0.25, 0.3) is 0 Å². The molecule has 6 aromatic rings. The van der Waals surface area contributed by atoms with Crippen molar-refractivity contribution in [3.8, 4) is 50.6 Å². The SMILES string of the molecule is O=[P+]([O-])Oc1ccccc1-c1ccccc1.O=[P+]([O-])Oc1ccccc1-c1ccccc1.O=[P+]([O-])Oc1ccccc1-c1ccccc1.[Nd+3]. The van der Waals surface area contributed by atoms with Crippen LogP contribution in [-0.2, 0) is 13.7 Å². The fraction of sp³-hybridized carbons (Fsp3) is 0. The Morgan fingerprint density at radius 3 is 0.755 bits per heavy atom. The zero-order chi connectivity index (χ0) is 34.1. The smallest absolute Gasteiger partial charge is 0.558 e. The van der Waals surface area contributed by atoms with Crippen LogP contribution >= 0.6 is 24.8 Å². The average Bonchev–Trinajstić information content (AvgIpc) is 3.10. The van der Waals surface area contributed by atoms with Crippen molar-refractivity contribution in [2.75, 3.05) is 0 Å². The van der Waals surface area contributed by atoms with Gasteiger partial charge >= 0.3 is 65.6 Å². The largest absolute Gasteiger partial charge is 3.00 e. The number of para-hydroxylation sites is 3. The van der Waals surface area contributed by atoms with Crippen LogP contribution in [0.3, 0.4) is 0 Å². The molecule has 3 atom stereocenters. The molecule has 0 amide bonds. The summed E-state index contributed by atoms with van der Waals surface area (Å²) in [6, 6.07) is 49.6. The van der Waals surface area contributed by atoms with Crippen molar-refractivity contribution in [2.45, 2.75) is 0 Å². The monoisotopic (exact) mass is 838 g/mol. The Kier molecular flexibility index (Phi) is 17.3. The van der Waals surface area contributed by atoms with Crippen LogP contribution in [0.4, 0.5) is 0 Å². The second-order valence-corrected chi connectivity index (χ2v) is 11.4. The van der Waals surface area contributed by atoms with E-state index in [4.69, 9.17) is 13.6 Å². The van der Waals surface area contributed by atoms with Crippen molar-refractivity contribution in [3.05, 3.63) is 164 Å². The van der Waals surface area contributed by atoms with E-state index in [1.54, 1.807) is 36.4 Å². The molecular formula is C36H27NdO9P3+3. The first-order valence-corrected chi connectivity index (χ1v) is 17.5. The van der Waals surface area contributed by atoms with Crippen LogP contribution in [-0.4, -0.2) is 0 Å². The van der Waals surface area contributed by atoms with Crippen LogP contribution in [0, 0.1) is 40.8 Å². The molecule has 0 aromatic heterocycles. The normalized spacial score (nSPS) is 10.7. The minimum atomic E-state index is -2.88. The molecule has 0 aliphatic heterocycles. The van der Waals surface area contributed by atoms with Gasteiger partial charge in [-0.3, -0.25) is 13.6 Å². The molecule has 0 saturated carbocycles. The molecule has 6 aromatic carbocycles. The molecule has 0 aliphatic carbocycles. The standard InChI is InChI=1S/3C12H9O3P.Nd/c3*13-16(14)15-12-9-5-4-8-11(12)10-6-2-1-3-7-10;/h3*1-9H;/q;;;+3. The molecule has 0 fully saturated rings. The molecule has 0 spiro atoms. The van der Waals surface area contributed by atoms with Gasteiger partial charge in [-0.1, -0.05) is 146 Å². The Bertz CT molecular complexity index is 1720. The predicted octanol–water partition coefficient (Wildman–Crippen LogP) is 8.25. The number of hydrogen-bond donors (Lipinski definition) is 0. The fourth-order valence-electron chi connectivity index (χ4n) is 4.45. The molecule has 0 saturated heterocycles. The molecule has 13 heteroatoms. The first kappa shape index (κ1) is 39.7. The second kappa shape index (κ2) is 21.4. The molecule has 0 N–H and O–H groups in total. The molecule has 9 nitrogen and oxygen atoms in total. The van der Waals surface area contributed by atoms with Crippen LogP contribution in [0.2, 0.25) is 0 Å². The zero-order valence-corrected chi connectivity index (χ0v) is 31.5. The summed E-state index contributed by atoms with van der Waals surface area (Å²) >= 11 is 0. The van der Waals surface area contributed by atoms with Gasteiger partial charge in [0.05, 0.1) is 0 Å². The number of hydrogen-bond acceptors (Lipinski definition) is 9. The van der Waals surface area contributed by atoms with E-state index in [-0.39, 0.29) is 40.8 Å². The molecule has 241 valence electrons. The van der Waals surface area contributed by atoms with Crippen LogP contribution in [0.1, 0.15) is 0 Å². The third-order valence-electron chi connectivity index (χ3n) is 6.43. The van der Waals surface area contributed by atoms with E-state index in [2.05, 4.69) is 0 Å². The quantitative estimate of drug-likeness (QED) is 0.131. The first-order chi connectivity index (χ1) is 23.3. The van der Waals surface area contributed by atoms with Crippen molar-refractivity contribution >= 4 is 24.8 Å². The van der Waals surface area contributed by atoms with Gasteiger partial charge < -0.3 is 14.7 Å². The fourth-order valence-corrected chi connectivity index (χ4v) is 5.41. The summed E-state index contributed by atoms with van der Waals surface area (Å²) in [6.45, 7) is 0. The molecular weight excluding hydrogens is 814 g/mol. The van der Waals surface area contributed by atoms with Crippen LogP contribution in [0.15, 0.2) is 164 Å². The predicted molar refractivity (Wildman–Crippen MR) is 180 cm³/mol. The van der Waals surface area contributed by atoms with Gasteiger partial charge in [0.15, 0.2) is 17.2 Å². The summed E-state index contributed by atoms with van der Waals surface area (Å²) in [7, 11) is -8.65. The third-order valence-corrected chi connectivity index (χ3v) is 7.47. The summed E-state index contributed by atoms with van der Waals surface area (Å²) in [4.78, 5) is 31.7. The topological polar surface area (TPSA) is 148 Å². The van der Waals surface area contributed by atoms with Gasteiger partial charge in [-0.15, -0.1) is 0 Å². The van der Waals surface area contributed by atoms with Gasteiger partial charge in [-0.25, -0.2) is 0 Å². The molecule has 6 rings (SSSR count). The molecule has 3 unspecified atom stereocenters. The van der Waals surface area contributed by atoms with Crippen molar-refractivity contribution in [1.82, 2.24) is 0 Å². The Morgan fingerprint density at radius 1 is 0.327 bits per heavy atom. The minimum absolute atomic E-state index is 0. The zero-order valence-electron chi connectivity index (χ0n) is 25.6. The van der Waals surface area contributed by atoms with Crippen molar-refractivity contribution < 1.29 is 82.8 Å². The summed E-state index contributed by atoms with van der Waals surface area (Å²) in [6.07, 6.45) is 0. The van der Waals surface area contributed by atoms with E-state index in [9.17, 15) is 28.4 Å². The molecule has 1 radical (unpaired) electrons. The van der Waals surface area contributed by atoms with E-state index < -0.39 is 24.8 Å². The third kappa shape index (κ3) is 13.2. The maximum Gasteiger partial charge on any atom is 3.00 e. The van der Waals surface area contributed by atoms with Crippen molar-refractivity contribution in [1.29, 1.82) is 0 Å². The molecule has 0 aliphatic rings. The molecule has 0 heterocycles. The summed E-state index contributed by atoms with van der Waals surface area (Å²) in [5, 5.41) is 0. The van der Waals surface area contributed by atoms with Gasteiger partial charge in [-0.05, 0) is 48.6 Å². The van der Waals surface area contributed by atoms with E-state index in [0.717, 1.165) is 33.4 Å². The van der Waals surface area contributed by atoms with Gasteiger partial charge in [0, 0.05) is 16.7 Å². The van der Waals surface area contributed by atoms with E-state index in [1.165, 1.54) is 0 Å². The van der Waals surface area contributed by atoms with E-state index in [0.29, 0.717) is 17.2 Å². The van der Waals surface area contributed by atoms with Crippen molar-refractivity contribution in [3.63, 3.8) is 0 Å². The van der Waals surface area contributed by atoms with Crippen LogP contribution < -0.4 is 28.3 Å². The van der Waals surface area contributed by atoms with E-state index in [1.807, 2.05) is 127 Å². The Hall–Kier alpha value is -3.75. The Balaban J connectivity index is 0.000000197. The maximum absolute atomic E-state index is 10.6. The number of rotatable bonds is 9. The second-order valence-electron chi connectivity index (χ2n) is 9.53. The van der Waals surface area contributed by atoms with E-state index >= 15 is 0 Å². The Labute approximate surface area is 319 Å². The van der Waals surface area contributed by atoms with Gasteiger partial charge in [-0.2, -0.15) is 0 Å². The summed E-state index contributed by atoms with van der Waals surface area (Å²) < 4.78 is 46.0. The van der Waals surface area contributed by atoms with Crippen molar-refractivity contribution in [2.24, 2.45) is 0 Å². The summed E-state index contributed by atoms with van der Waals surface area (Å²) in [5.41, 5.74) is 5.08. The Morgan fingerprint density at radius 2 is 0.531 bits per heavy atom.